The summed E-state index contributed by atoms with van der Waals surface area (Å²) < 4.78 is 14.2. The highest BCUT2D eigenvalue weighted by molar-refractivity contribution is 5.43. The lowest BCUT2D eigenvalue weighted by Gasteiger charge is -2.44. The minimum absolute atomic E-state index is 0.265. The molecule has 3 nitrogen and oxygen atoms in total. The second-order valence-electron chi connectivity index (χ2n) is 6.31. The molecule has 1 aromatic rings. The average Bonchev–Trinajstić information content (AvgIpc) is 2.50. The molecule has 1 saturated carbocycles. The maximum absolute atomic E-state index is 14.2. The number of rotatable bonds is 2. The number of anilines is 1. The van der Waals surface area contributed by atoms with Gasteiger partial charge in [0.2, 0.25) is 0 Å². The smallest absolute Gasteiger partial charge is 0.171 e. The fourth-order valence-corrected chi connectivity index (χ4v) is 3.81. The number of aromatic nitrogens is 1. The topological polar surface area (TPSA) is 36.4 Å². The van der Waals surface area contributed by atoms with Crippen LogP contribution in [0.5, 0.6) is 0 Å². The molecule has 0 amide bonds. The average molecular weight is 278 g/mol. The summed E-state index contributed by atoms with van der Waals surface area (Å²) in [5.41, 5.74) is 0.854. The van der Waals surface area contributed by atoms with Crippen LogP contribution in [-0.4, -0.2) is 23.2 Å². The first-order valence-corrected chi connectivity index (χ1v) is 7.73. The number of hydrogen-bond acceptors (Lipinski definition) is 3. The molecule has 1 aliphatic heterocycles. The number of aliphatic hydroxyl groups excluding tert-OH is 1. The second-order valence-corrected chi connectivity index (χ2v) is 6.31. The van der Waals surface area contributed by atoms with Crippen LogP contribution >= 0.6 is 0 Å². The molecule has 2 heterocycles. The predicted octanol–water partition coefficient (Wildman–Crippen LogP) is 3.26. The van der Waals surface area contributed by atoms with Crippen molar-refractivity contribution in [2.24, 2.45) is 5.41 Å². The van der Waals surface area contributed by atoms with Crippen LogP contribution in [0.3, 0.4) is 0 Å². The highest BCUT2D eigenvalue weighted by Gasteiger charge is 2.36. The van der Waals surface area contributed by atoms with Gasteiger partial charge >= 0.3 is 0 Å². The van der Waals surface area contributed by atoms with E-state index in [9.17, 15) is 4.39 Å². The van der Waals surface area contributed by atoms with Crippen molar-refractivity contribution in [1.82, 2.24) is 4.98 Å². The van der Waals surface area contributed by atoms with E-state index < -0.39 is 0 Å². The quantitative estimate of drug-likeness (QED) is 0.902. The van der Waals surface area contributed by atoms with Crippen molar-refractivity contribution in [2.45, 2.75) is 51.6 Å². The molecule has 0 atom stereocenters. The molecule has 0 unspecified atom stereocenters. The fraction of sp³-hybridized carbons (Fsp3) is 0.688. The summed E-state index contributed by atoms with van der Waals surface area (Å²) in [6, 6.07) is 1.55. The van der Waals surface area contributed by atoms with Crippen molar-refractivity contribution in [2.75, 3.05) is 18.0 Å². The molecular formula is C16H23FN2O. The Bertz CT molecular complexity index is 462. The Morgan fingerprint density at radius 2 is 1.85 bits per heavy atom. The monoisotopic (exact) mass is 278 g/mol. The third-order valence-electron chi connectivity index (χ3n) is 5.16. The molecule has 2 aliphatic rings. The van der Waals surface area contributed by atoms with Crippen molar-refractivity contribution in [3.63, 3.8) is 0 Å². The Morgan fingerprint density at radius 1 is 1.15 bits per heavy atom. The largest absolute Gasteiger partial charge is 0.392 e. The van der Waals surface area contributed by atoms with Crippen LogP contribution in [-0.2, 0) is 6.61 Å². The van der Waals surface area contributed by atoms with Gasteiger partial charge in [0.25, 0.3) is 0 Å². The Balaban J connectivity index is 1.72. The number of piperidine rings is 1. The summed E-state index contributed by atoms with van der Waals surface area (Å²) in [5.74, 6) is 0.0665. The standard InChI is InChI=1S/C16H23FN2O/c17-14-13(12-20)4-9-18-15(14)19-10-7-16(8-11-19)5-2-1-3-6-16/h4,9,20H,1-3,5-8,10-12H2. The van der Waals surface area contributed by atoms with Gasteiger partial charge in [-0.1, -0.05) is 19.3 Å². The maximum atomic E-state index is 14.2. The van der Waals surface area contributed by atoms with Crippen molar-refractivity contribution in [1.29, 1.82) is 0 Å². The number of hydrogen-bond donors (Lipinski definition) is 1. The number of halogens is 1. The van der Waals surface area contributed by atoms with Crippen LogP contribution in [0, 0.1) is 11.2 Å². The van der Waals surface area contributed by atoms with Gasteiger partial charge < -0.3 is 10.0 Å². The Labute approximate surface area is 119 Å². The Hall–Kier alpha value is -1.16. The van der Waals surface area contributed by atoms with E-state index in [0.717, 1.165) is 25.9 Å². The molecule has 1 aromatic heterocycles. The molecule has 1 aliphatic carbocycles. The number of pyridine rings is 1. The van der Waals surface area contributed by atoms with Crippen LogP contribution in [0.1, 0.15) is 50.5 Å². The summed E-state index contributed by atoms with van der Waals surface area (Å²) in [4.78, 5) is 6.23. The minimum atomic E-state index is -0.352. The molecule has 1 N–H and O–H groups in total. The molecule has 20 heavy (non-hydrogen) atoms. The number of nitrogens with zero attached hydrogens (tertiary/aromatic N) is 2. The van der Waals surface area contributed by atoms with E-state index >= 15 is 0 Å². The van der Waals surface area contributed by atoms with E-state index in [0.29, 0.717) is 16.8 Å². The first kappa shape index (κ1) is 13.8. The van der Waals surface area contributed by atoms with Crippen molar-refractivity contribution in [3.05, 3.63) is 23.6 Å². The molecule has 3 rings (SSSR count). The first-order valence-electron chi connectivity index (χ1n) is 7.73. The first-order chi connectivity index (χ1) is 9.74. The zero-order valence-corrected chi connectivity index (χ0v) is 11.9. The lowest BCUT2D eigenvalue weighted by Crippen LogP contribution is -2.41. The summed E-state index contributed by atoms with van der Waals surface area (Å²) in [5, 5.41) is 9.15. The highest BCUT2D eigenvalue weighted by Crippen LogP contribution is 2.45. The molecular weight excluding hydrogens is 255 g/mol. The van der Waals surface area contributed by atoms with Crippen molar-refractivity contribution < 1.29 is 9.50 Å². The van der Waals surface area contributed by atoms with E-state index in [1.807, 2.05) is 4.90 Å². The van der Waals surface area contributed by atoms with Gasteiger partial charge in [0.05, 0.1) is 6.61 Å². The van der Waals surface area contributed by atoms with Crippen LogP contribution in [0.15, 0.2) is 12.3 Å². The summed E-state index contributed by atoms with van der Waals surface area (Å²) in [6.45, 7) is 1.51. The molecule has 0 bridgehead atoms. The van der Waals surface area contributed by atoms with Crippen LogP contribution < -0.4 is 4.90 Å². The lowest BCUT2D eigenvalue weighted by molar-refractivity contribution is 0.143. The van der Waals surface area contributed by atoms with E-state index in [1.54, 1.807) is 12.3 Å². The molecule has 4 heteroatoms. The normalized spacial score (nSPS) is 22.2. The number of aliphatic hydroxyl groups is 1. The summed E-state index contributed by atoms with van der Waals surface area (Å²) in [7, 11) is 0. The van der Waals surface area contributed by atoms with Gasteiger partial charge in [-0.25, -0.2) is 9.37 Å². The fourth-order valence-electron chi connectivity index (χ4n) is 3.81. The third kappa shape index (κ3) is 2.53. The van der Waals surface area contributed by atoms with Gasteiger partial charge in [-0.05, 0) is 37.2 Å². The van der Waals surface area contributed by atoms with E-state index in [1.165, 1.54) is 32.1 Å². The van der Waals surface area contributed by atoms with Crippen LogP contribution in [0.2, 0.25) is 0 Å². The van der Waals surface area contributed by atoms with Crippen molar-refractivity contribution in [3.8, 4) is 0 Å². The Morgan fingerprint density at radius 3 is 2.50 bits per heavy atom. The molecule has 0 aromatic carbocycles. The van der Waals surface area contributed by atoms with Crippen LogP contribution in [0.25, 0.3) is 0 Å². The zero-order valence-electron chi connectivity index (χ0n) is 11.9. The van der Waals surface area contributed by atoms with Gasteiger partial charge in [0, 0.05) is 24.8 Å². The van der Waals surface area contributed by atoms with Gasteiger partial charge in [0.1, 0.15) is 0 Å². The maximum Gasteiger partial charge on any atom is 0.171 e. The molecule has 2 fully saturated rings. The second kappa shape index (κ2) is 5.68. The highest BCUT2D eigenvalue weighted by atomic mass is 19.1. The van der Waals surface area contributed by atoms with Crippen molar-refractivity contribution >= 4 is 5.82 Å². The Kier molecular flexibility index (Phi) is 3.92. The van der Waals surface area contributed by atoms with Gasteiger partial charge in [-0.15, -0.1) is 0 Å². The van der Waals surface area contributed by atoms with Gasteiger partial charge in [0.15, 0.2) is 11.6 Å². The predicted molar refractivity (Wildman–Crippen MR) is 77.1 cm³/mol. The summed E-state index contributed by atoms with van der Waals surface area (Å²) >= 11 is 0. The summed E-state index contributed by atoms with van der Waals surface area (Å²) in [6.07, 6.45) is 10.7. The van der Waals surface area contributed by atoms with Crippen LogP contribution in [0.4, 0.5) is 10.2 Å². The lowest BCUT2D eigenvalue weighted by atomic mass is 9.68. The minimum Gasteiger partial charge on any atom is -0.392 e. The molecule has 1 saturated heterocycles. The van der Waals surface area contributed by atoms with E-state index in [-0.39, 0.29) is 12.4 Å². The van der Waals surface area contributed by atoms with Gasteiger partial charge in [-0.2, -0.15) is 0 Å². The SMILES string of the molecule is OCc1ccnc(N2CCC3(CCCCC3)CC2)c1F. The molecule has 0 radical (unpaired) electrons. The zero-order chi connectivity index (χ0) is 14.0. The molecule has 1 spiro atoms. The third-order valence-corrected chi connectivity index (χ3v) is 5.16. The van der Waals surface area contributed by atoms with E-state index in [4.69, 9.17) is 5.11 Å². The van der Waals surface area contributed by atoms with Gasteiger partial charge in [-0.3, -0.25) is 0 Å². The molecule has 110 valence electrons. The van der Waals surface area contributed by atoms with E-state index in [2.05, 4.69) is 4.98 Å².